The Kier molecular flexibility index (Phi) is 6.26. The van der Waals surface area contributed by atoms with Crippen molar-refractivity contribution in [1.82, 2.24) is 15.0 Å². The highest BCUT2D eigenvalue weighted by atomic mass is 32.1. The predicted octanol–water partition coefficient (Wildman–Crippen LogP) is 5.00. The third-order valence-electron chi connectivity index (χ3n) is 3.15. The molecule has 2 aromatic heterocycles. The third-order valence-corrected chi connectivity index (χ3v) is 4.29. The van der Waals surface area contributed by atoms with Gasteiger partial charge in [0.15, 0.2) is 0 Å². The van der Waals surface area contributed by atoms with E-state index in [-0.39, 0.29) is 0 Å². The Morgan fingerprint density at radius 3 is 2.33 bits per heavy atom. The second-order valence-corrected chi connectivity index (χ2v) is 5.82. The summed E-state index contributed by atoms with van der Waals surface area (Å²) in [4.78, 5) is 14.2. The molecule has 0 spiro atoms. The molecule has 1 aromatic carbocycles. The lowest BCUT2D eigenvalue weighted by Gasteiger charge is -2.06. The maximum absolute atomic E-state index is 5.18. The highest BCUT2D eigenvalue weighted by Gasteiger charge is 2.12. The molecule has 1 N–H and O–H groups in total. The normalized spacial score (nSPS) is 9.88. The van der Waals surface area contributed by atoms with Gasteiger partial charge in [-0.25, -0.2) is 15.0 Å². The molecule has 126 valence electrons. The number of nitrogens with one attached hydrogen (secondary N) is 1. The SMILES string of the molecule is CC.COc1nc(C)c(-c2ccnc(Nc3ccc(C)cc3)n2)s1. The summed E-state index contributed by atoms with van der Waals surface area (Å²) in [6.07, 6.45) is 1.74. The van der Waals surface area contributed by atoms with E-state index >= 15 is 0 Å². The van der Waals surface area contributed by atoms with E-state index in [1.54, 1.807) is 13.3 Å². The summed E-state index contributed by atoms with van der Waals surface area (Å²) in [5.74, 6) is 0.563. The summed E-state index contributed by atoms with van der Waals surface area (Å²) in [5.41, 5.74) is 3.92. The first-order chi connectivity index (χ1) is 11.7. The second kappa shape index (κ2) is 8.40. The van der Waals surface area contributed by atoms with Gasteiger partial charge in [0.25, 0.3) is 5.19 Å². The van der Waals surface area contributed by atoms with Crippen LogP contribution < -0.4 is 10.1 Å². The molecule has 5 nitrogen and oxygen atoms in total. The number of ether oxygens (including phenoxy) is 1. The van der Waals surface area contributed by atoms with Gasteiger partial charge in [-0.15, -0.1) is 0 Å². The van der Waals surface area contributed by atoms with Gasteiger partial charge in [0.1, 0.15) is 0 Å². The van der Waals surface area contributed by atoms with Crippen molar-refractivity contribution >= 4 is 23.0 Å². The highest BCUT2D eigenvalue weighted by Crippen LogP contribution is 2.33. The van der Waals surface area contributed by atoms with E-state index in [9.17, 15) is 0 Å². The Labute approximate surface area is 146 Å². The molecule has 0 saturated heterocycles. The van der Waals surface area contributed by atoms with E-state index in [0.29, 0.717) is 11.1 Å². The van der Waals surface area contributed by atoms with Gasteiger partial charge < -0.3 is 10.1 Å². The van der Waals surface area contributed by atoms with Crippen molar-refractivity contribution in [2.24, 2.45) is 0 Å². The summed E-state index contributed by atoms with van der Waals surface area (Å²) < 4.78 is 5.18. The molecular formula is C18H22N4OS. The molecular weight excluding hydrogens is 320 g/mol. The molecule has 0 saturated carbocycles. The minimum atomic E-state index is 0.563. The number of benzene rings is 1. The maximum Gasteiger partial charge on any atom is 0.273 e. The van der Waals surface area contributed by atoms with Crippen LogP contribution in [0.5, 0.6) is 5.19 Å². The fraction of sp³-hybridized carbons (Fsp3) is 0.278. The van der Waals surface area contributed by atoms with Crippen LogP contribution in [-0.2, 0) is 0 Å². The number of nitrogens with zero attached hydrogens (tertiary/aromatic N) is 3. The lowest BCUT2D eigenvalue weighted by molar-refractivity contribution is 0.411. The van der Waals surface area contributed by atoms with Gasteiger partial charge in [-0.1, -0.05) is 42.9 Å². The van der Waals surface area contributed by atoms with Crippen LogP contribution in [0.25, 0.3) is 10.6 Å². The fourth-order valence-electron chi connectivity index (χ4n) is 2.01. The molecule has 0 amide bonds. The standard InChI is InChI=1S/C16H16N4OS.C2H6/c1-10-4-6-12(7-5-10)19-15-17-9-8-13(20-15)14-11(2)18-16(21-3)22-14;1-2/h4-9H,1-3H3,(H,17,19,20);1-2H3. The van der Waals surface area contributed by atoms with Crippen LogP contribution in [0.1, 0.15) is 25.1 Å². The van der Waals surface area contributed by atoms with Crippen LogP contribution in [-0.4, -0.2) is 22.1 Å². The van der Waals surface area contributed by atoms with Crippen molar-refractivity contribution in [1.29, 1.82) is 0 Å². The molecule has 3 aromatic rings. The average Bonchev–Trinajstić information content (AvgIpc) is 3.00. The first kappa shape index (κ1) is 17.9. The number of anilines is 2. The molecule has 0 atom stereocenters. The Bertz CT molecular complexity index is 784. The summed E-state index contributed by atoms with van der Waals surface area (Å²) in [6, 6.07) is 9.98. The van der Waals surface area contributed by atoms with Crippen molar-refractivity contribution < 1.29 is 4.74 Å². The molecule has 0 radical (unpaired) electrons. The fourth-order valence-corrected chi connectivity index (χ4v) is 2.86. The van der Waals surface area contributed by atoms with Crippen LogP contribution in [0.3, 0.4) is 0 Å². The van der Waals surface area contributed by atoms with E-state index in [4.69, 9.17) is 4.74 Å². The number of methoxy groups -OCH3 is 1. The van der Waals surface area contributed by atoms with E-state index < -0.39 is 0 Å². The highest BCUT2D eigenvalue weighted by molar-refractivity contribution is 7.17. The van der Waals surface area contributed by atoms with Gasteiger partial charge in [-0.3, -0.25) is 0 Å². The van der Waals surface area contributed by atoms with Crippen LogP contribution >= 0.6 is 11.3 Å². The number of hydrogen-bond acceptors (Lipinski definition) is 6. The van der Waals surface area contributed by atoms with E-state index in [0.717, 1.165) is 22.0 Å². The van der Waals surface area contributed by atoms with Gasteiger partial charge >= 0.3 is 0 Å². The summed E-state index contributed by atoms with van der Waals surface area (Å²) in [7, 11) is 1.62. The summed E-state index contributed by atoms with van der Waals surface area (Å²) in [5, 5.41) is 3.85. The van der Waals surface area contributed by atoms with Crippen LogP contribution in [0.4, 0.5) is 11.6 Å². The topological polar surface area (TPSA) is 59.9 Å². The van der Waals surface area contributed by atoms with Crippen molar-refractivity contribution in [3.05, 3.63) is 47.8 Å². The van der Waals surface area contributed by atoms with Gasteiger partial charge in [-0.05, 0) is 32.0 Å². The zero-order valence-electron chi connectivity index (χ0n) is 14.6. The van der Waals surface area contributed by atoms with Crippen molar-refractivity contribution in [2.75, 3.05) is 12.4 Å². The number of rotatable bonds is 4. The summed E-state index contributed by atoms with van der Waals surface area (Å²) >= 11 is 1.48. The molecule has 3 rings (SSSR count). The summed E-state index contributed by atoms with van der Waals surface area (Å²) in [6.45, 7) is 8.00. The van der Waals surface area contributed by atoms with Gasteiger partial charge in [0.05, 0.1) is 23.4 Å². The smallest absolute Gasteiger partial charge is 0.273 e. The quantitative estimate of drug-likeness (QED) is 0.723. The lowest BCUT2D eigenvalue weighted by atomic mass is 10.2. The zero-order valence-corrected chi connectivity index (χ0v) is 15.4. The largest absolute Gasteiger partial charge is 0.473 e. The number of aryl methyl sites for hydroxylation is 2. The first-order valence-corrected chi connectivity index (χ1v) is 8.66. The first-order valence-electron chi connectivity index (χ1n) is 7.84. The molecule has 24 heavy (non-hydrogen) atoms. The Hall–Kier alpha value is -2.47. The number of thiazole rings is 1. The number of aromatic nitrogens is 3. The number of hydrogen-bond donors (Lipinski definition) is 1. The second-order valence-electron chi connectivity index (χ2n) is 4.85. The van der Waals surface area contributed by atoms with E-state index in [1.165, 1.54) is 16.9 Å². The van der Waals surface area contributed by atoms with E-state index in [1.807, 2.05) is 51.1 Å². The lowest BCUT2D eigenvalue weighted by Crippen LogP contribution is -1.97. The van der Waals surface area contributed by atoms with Crippen LogP contribution in [0, 0.1) is 13.8 Å². The molecule has 2 heterocycles. The van der Waals surface area contributed by atoms with Gasteiger partial charge in [-0.2, -0.15) is 0 Å². The molecule has 0 aliphatic heterocycles. The molecule has 0 aliphatic rings. The molecule has 0 unspecified atom stereocenters. The Balaban J connectivity index is 0.00000100. The maximum atomic E-state index is 5.18. The molecule has 0 bridgehead atoms. The van der Waals surface area contributed by atoms with Crippen LogP contribution in [0.2, 0.25) is 0 Å². The van der Waals surface area contributed by atoms with E-state index in [2.05, 4.69) is 27.2 Å². The Morgan fingerprint density at radius 1 is 1.00 bits per heavy atom. The minimum Gasteiger partial charge on any atom is -0.473 e. The third kappa shape index (κ3) is 4.29. The molecule has 0 aliphatic carbocycles. The molecule has 0 fully saturated rings. The average molecular weight is 342 g/mol. The zero-order chi connectivity index (χ0) is 17.5. The van der Waals surface area contributed by atoms with Crippen molar-refractivity contribution in [3.63, 3.8) is 0 Å². The van der Waals surface area contributed by atoms with Gasteiger partial charge in [0, 0.05) is 11.9 Å². The van der Waals surface area contributed by atoms with Crippen molar-refractivity contribution in [3.8, 4) is 15.8 Å². The minimum absolute atomic E-state index is 0.563. The molecule has 6 heteroatoms. The predicted molar refractivity (Wildman–Crippen MR) is 100 cm³/mol. The van der Waals surface area contributed by atoms with Crippen molar-refractivity contribution in [2.45, 2.75) is 27.7 Å². The monoisotopic (exact) mass is 342 g/mol. The van der Waals surface area contributed by atoms with Gasteiger partial charge in [0.2, 0.25) is 5.95 Å². The Morgan fingerprint density at radius 2 is 1.71 bits per heavy atom. The van der Waals surface area contributed by atoms with Crippen LogP contribution in [0.15, 0.2) is 36.5 Å².